The summed E-state index contributed by atoms with van der Waals surface area (Å²) in [5.74, 6) is 0. The van der Waals surface area contributed by atoms with Crippen LogP contribution in [0.3, 0.4) is 0 Å². The van der Waals surface area contributed by atoms with Crippen LogP contribution >= 0.6 is 0 Å². The third-order valence-corrected chi connectivity index (χ3v) is 3.03. The summed E-state index contributed by atoms with van der Waals surface area (Å²) in [5, 5.41) is 15.5. The highest BCUT2D eigenvalue weighted by molar-refractivity contribution is 5.38. The van der Waals surface area contributed by atoms with Crippen LogP contribution in [0.25, 0.3) is 5.65 Å². The minimum atomic E-state index is 0.791. The average Bonchev–Trinajstić information content (AvgIpc) is 3.06. The number of nitrogens with zero attached hydrogens (tertiary/aromatic N) is 6. The van der Waals surface area contributed by atoms with Crippen LogP contribution in [0.15, 0.2) is 30.9 Å². The Labute approximate surface area is 116 Å². The predicted molar refractivity (Wildman–Crippen MR) is 74.1 cm³/mol. The molecule has 3 heterocycles. The van der Waals surface area contributed by atoms with E-state index in [4.69, 9.17) is 0 Å². The smallest absolute Gasteiger partial charge is 0.155 e. The van der Waals surface area contributed by atoms with Crippen LogP contribution in [-0.2, 0) is 13.1 Å². The van der Waals surface area contributed by atoms with Crippen molar-refractivity contribution in [3.8, 4) is 0 Å². The molecule has 0 bridgehead atoms. The molecule has 0 spiro atoms. The summed E-state index contributed by atoms with van der Waals surface area (Å²) in [6, 6.07) is 1.97. The number of nitrogens with one attached hydrogen (secondary N) is 1. The van der Waals surface area contributed by atoms with Crippen molar-refractivity contribution in [2.45, 2.75) is 26.4 Å². The number of rotatable bonds is 6. The quantitative estimate of drug-likeness (QED) is 0.672. The van der Waals surface area contributed by atoms with Crippen LogP contribution in [0.5, 0.6) is 0 Å². The second-order valence-corrected chi connectivity index (χ2v) is 4.75. The first-order valence-corrected chi connectivity index (χ1v) is 6.67. The largest absolute Gasteiger partial charge is 0.312 e. The third kappa shape index (κ3) is 3.00. The molecule has 0 amide bonds. The summed E-state index contributed by atoms with van der Waals surface area (Å²) >= 11 is 0. The van der Waals surface area contributed by atoms with Crippen LogP contribution in [-0.4, -0.2) is 36.1 Å². The van der Waals surface area contributed by atoms with Gasteiger partial charge in [0.15, 0.2) is 5.65 Å². The van der Waals surface area contributed by atoms with Gasteiger partial charge in [-0.25, -0.2) is 9.50 Å². The lowest BCUT2D eigenvalue weighted by Crippen LogP contribution is -2.17. The van der Waals surface area contributed by atoms with E-state index >= 15 is 0 Å². The lowest BCUT2D eigenvalue weighted by Gasteiger charge is -2.05. The predicted octanol–water partition coefficient (Wildman–Crippen LogP) is 0.809. The standard InChI is InChI=1S/C13H17N7/c1-11-7-13-15-9-12(10-20(13)17-11)8-14-3-2-5-19-6-4-16-18-19/h4,6-7,9-10,14H,2-3,5,8H2,1H3. The minimum absolute atomic E-state index is 0.791. The van der Waals surface area contributed by atoms with Gasteiger partial charge in [0.1, 0.15) is 0 Å². The molecule has 0 aromatic carbocycles. The molecule has 7 heteroatoms. The molecular weight excluding hydrogens is 254 g/mol. The molecule has 0 unspecified atom stereocenters. The summed E-state index contributed by atoms with van der Waals surface area (Å²) in [6.45, 7) is 4.56. The van der Waals surface area contributed by atoms with E-state index < -0.39 is 0 Å². The highest BCUT2D eigenvalue weighted by Gasteiger charge is 2.00. The van der Waals surface area contributed by atoms with Crippen LogP contribution in [0.1, 0.15) is 17.7 Å². The number of aryl methyl sites for hydroxylation is 2. The summed E-state index contributed by atoms with van der Waals surface area (Å²) in [4.78, 5) is 4.38. The molecule has 20 heavy (non-hydrogen) atoms. The normalized spacial score (nSPS) is 11.2. The molecule has 0 saturated carbocycles. The number of fused-ring (bicyclic) bond motifs is 1. The Hall–Kier alpha value is -2.28. The fourth-order valence-corrected chi connectivity index (χ4v) is 2.08. The molecule has 3 aromatic heterocycles. The Balaban J connectivity index is 1.47. The van der Waals surface area contributed by atoms with Gasteiger partial charge >= 0.3 is 0 Å². The molecule has 7 nitrogen and oxygen atoms in total. The van der Waals surface area contributed by atoms with E-state index in [1.165, 1.54) is 0 Å². The van der Waals surface area contributed by atoms with Gasteiger partial charge in [-0.15, -0.1) is 5.10 Å². The summed E-state index contributed by atoms with van der Waals surface area (Å²) in [6.07, 6.45) is 8.48. The van der Waals surface area contributed by atoms with Gasteiger partial charge in [-0.1, -0.05) is 5.21 Å². The average molecular weight is 271 g/mol. The van der Waals surface area contributed by atoms with Gasteiger partial charge in [-0.05, 0) is 19.9 Å². The van der Waals surface area contributed by atoms with Gasteiger partial charge in [-0.2, -0.15) is 5.10 Å². The Morgan fingerprint density at radius 1 is 1.35 bits per heavy atom. The highest BCUT2D eigenvalue weighted by Crippen LogP contribution is 2.04. The second kappa shape index (κ2) is 5.79. The molecule has 0 fully saturated rings. The van der Waals surface area contributed by atoms with Gasteiger partial charge < -0.3 is 5.32 Å². The lowest BCUT2D eigenvalue weighted by atomic mass is 10.3. The van der Waals surface area contributed by atoms with Gasteiger partial charge in [0.25, 0.3) is 0 Å². The molecule has 0 atom stereocenters. The Kier molecular flexibility index (Phi) is 3.69. The summed E-state index contributed by atoms with van der Waals surface area (Å²) < 4.78 is 3.66. The van der Waals surface area contributed by atoms with Crippen molar-refractivity contribution in [1.82, 2.24) is 34.9 Å². The van der Waals surface area contributed by atoms with Crippen molar-refractivity contribution < 1.29 is 0 Å². The van der Waals surface area contributed by atoms with E-state index in [1.54, 1.807) is 6.20 Å². The van der Waals surface area contributed by atoms with E-state index in [9.17, 15) is 0 Å². The topological polar surface area (TPSA) is 72.9 Å². The second-order valence-electron chi connectivity index (χ2n) is 4.75. The number of aromatic nitrogens is 6. The van der Waals surface area contributed by atoms with Crippen molar-refractivity contribution in [3.05, 3.63) is 42.1 Å². The minimum Gasteiger partial charge on any atom is -0.312 e. The van der Waals surface area contributed by atoms with E-state index in [-0.39, 0.29) is 0 Å². The molecule has 0 radical (unpaired) electrons. The monoisotopic (exact) mass is 271 g/mol. The number of hydrogen-bond donors (Lipinski definition) is 1. The van der Waals surface area contributed by atoms with Gasteiger partial charge in [0.05, 0.1) is 11.9 Å². The SMILES string of the molecule is Cc1cc2ncc(CNCCCn3ccnn3)cn2n1. The molecule has 0 aliphatic rings. The van der Waals surface area contributed by atoms with Crippen LogP contribution in [0.2, 0.25) is 0 Å². The maximum Gasteiger partial charge on any atom is 0.155 e. The van der Waals surface area contributed by atoms with E-state index in [0.29, 0.717) is 0 Å². The van der Waals surface area contributed by atoms with Crippen LogP contribution in [0.4, 0.5) is 0 Å². The molecule has 3 rings (SSSR count). The molecule has 104 valence electrons. The van der Waals surface area contributed by atoms with Crippen molar-refractivity contribution >= 4 is 5.65 Å². The fraction of sp³-hybridized carbons (Fsp3) is 0.385. The summed E-state index contributed by atoms with van der Waals surface area (Å²) in [5.41, 5.74) is 2.99. The first-order valence-electron chi connectivity index (χ1n) is 6.67. The van der Waals surface area contributed by atoms with Crippen molar-refractivity contribution in [3.63, 3.8) is 0 Å². The third-order valence-electron chi connectivity index (χ3n) is 3.03. The zero-order valence-corrected chi connectivity index (χ0v) is 11.4. The van der Waals surface area contributed by atoms with Gasteiger partial charge in [-0.3, -0.25) is 4.68 Å². The molecular formula is C13H17N7. The maximum absolute atomic E-state index is 4.38. The highest BCUT2D eigenvalue weighted by atomic mass is 15.4. The van der Waals surface area contributed by atoms with E-state index in [0.717, 1.165) is 43.0 Å². The first kappa shape index (κ1) is 12.7. The Bertz CT molecular complexity index is 671. The lowest BCUT2D eigenvalue weighted by molar-refractivity contribution is 0.529. The molecule has 0 aliphatic carbocycles. The summed E-state index contributed by atoms with van der Waals surface area (Å²) in [7, 11) is 0. The first-order chi connectivity index (χ1) is 9.81. The van der Waals surface area contributed by atoms with E-state index in [2.05, 4.69) is 25.7 Å². The number of hydrogen-bond acceptors (Lipinski definition) is 5. The zero-order chi connectivity index (χ0) is 13.8. The Morgan fingerprint density at radius 3 is 3.15 bits per heavy atom. The molecule has 1 N–H and O–H groups in total. The Morgan fingerprint density at radius 2 is 2.30 bits per heavy atom. The van der Waals surface area contributed by atoms with Crippen LogP contribution in [0, 0.1) is 6.92 Å². The van der Waals surface area contributed by atoms with Gasteiger partial charge in [0.2, 0.25) is 0 Å². The molecule has 0 saturated heterocycles. The zero-order valence-electron chi connectivity index (χ0n) is 11.4. The van der Waals surface area contributed by atoms with E-state index in [1.807, 2.05) is 40.8 Å². The van der Waals surface area contributed by atoms with Crippen molar-refractivity contribution in [2.24, 2.45) is 0 Å². The fourth-order valence-electron chi connectivity index (χ4n) is 2.08. The van der Waals surface area contributed by atoms with Crippen molar-refractivity contribution in [1.29, 1.82) is 0 Å². The van der Waals surface area contributed by atoms with Crippen molar-refractivity contribution in [2.75, 3.05) is 6.54 Å². The maximum atomic E-state index is 4.38. The molecule has 3 aromatic rings. The molecule has 0 aliphatic heterocycles. The van der Waals surface area contributed by atoms with Crippen LogP contribution < -0.4 is 5.32 Å². The van der Waals surface area contributed by atoms with Gasteiger partial charge in [0, 0.05) is 43.3 Å².